The quantitative estimate of drug-likeness (QED) is 0.761. The lowest BCUT2D eigenvalue weighted by Crippen LogP contribution is -2.05. The van der Waals surface area contributed by atoms with E-state index in [2.05, 4.69) is 10.3 Å². The van der Waals surface area contributed by atoms with Crippen molar-refractivity contribution in [2.45, 2.75) is 26.2 Å². The largest absolute Gasteiger partial charge is 0.481 e. The van der Waals surface area contributed by atoms with Gasteiger partial charge in [0.15, 0.2) is 0 Å². The van der Waals surface area contributed by atoms with E-state index in [0.717, 1.165) is 22.4 Å². The molecule has 0 saturated heterocycles. The second kappa shape index (κ2) is 8.62. The van der Waals surface area contributed by atoms with Crippen molar-refractivity contribution in [1.29, 1.82) is 0 Å². The van der Waals surface area contributed by atoms with E-state index in [-0.39, 0.29) is 12.3 Å². The molecule has 0 saturated carbocycles. The SMILES string of the molecule is CC(=O)Nc1ccc(/C(=C/CCCC(=O)O)c2cccnc2)cc1. The molecular formula is C19H20N2O3. The molecule has 5 heteroatoms. The van der Waals surface area contributed by atoms with Gasteiger partial charge in [-0.1, -0.05) is 24.3 Å². The molecule has 2 rings (SSSR count). The number of benzene rings is 1. The minimum absolute atomic E-state index is 0.112. The average Bonchev–Trinajstić information content (AvgIpc) is 2.56. The van der Waals surface area contributed by atoms with Crippen LogP contribution in [0.1, 0.15) is 37.3 Å². The smallest absolute Gasteiger partial charge is 0.303 e. The van der Waals surface area contributed by atoms with Crippen LogP contribution in [0, 0.1) is 0 Å². The molecule has 0 atom stereocenters. The lowest BCUT2D eigenvalue weighted by atomic mass is 9.97. The van der Waals surface area contributed by atoms with Crippen molar-refractivity contribution in [3.63, 3.8) is 0 Å². The summed E-state index contributed by atoms with van der Waals surface area (Å²) in [5, 5.41) is 11.5. The van der Waals surface area contributed by atoms with Gasteiger partial charge in [0, 0.05) is 37.0 Å². The number of rotatable bonds is 7. The van der Waals surface area contributed by atoms with Gasteiger partial charge in [-0.3, -0.25) is 14.6 Å². The fourth-order valence-electron chi connectivity index (χ4n) is 2.36. The number of carboxylic acids is 1. The average molecular weight is 324 g/mol. The molecule has 1 aromatic carbocycles. The van der Waals surface area contributed by atoms with Crippen molar-refractivity contribution in [3.05, 3.63) is 66.0 Å². The number of carboxylic acid groups (broad SMARTS) is 1. The Labute approximate surface area is 141 Å². The second-order valence-corrected chi connectivity index (χ2v) is 5.40. The number of hydrogen-bond donors (Lipinski definition) is 2. The van der Waals surface area contributed by atoms with Gasteiger partial charge in [-0.25, -0.2) is 0 Å². The Kier molecular flexibility index (Phi) is 6.25. The highest BCUT2D eigenvalue weighted by atomic mass is 16.4. The highest BCUT2D eigenvalue weighted by Gasteiger charge is 2.06. The van der Waals surface area contributed by atoms with Crippen molar-refractivity contribution >= 4 is 23.1 Å². The second-order valence-electron chi connectivity index (χ2n) is 5.40. The Balaban J connectivity index is 2.23. The summed E-state index contributed by atoms with van der Waals surface area (Å²) >= 11 is 0. The topological polar surface area (TPSA) is 79.3 Å². The number of anilines is 1. The maximum absolute atomic E-state index is 11.1. The predicted molar refractivity (Wildman–Crippen MR) is 93.5 cm³/mol. The number of pyridine rings is 1. The monoisotopic (exact) mass is 324 g/mol. The fourth-order valence-corrected chi connectivity index (χ4v) is 2.36. The third-order valence-corrected chi connectivity index (χ3v) is 3.43. The number of nitrogens with one attached hydrogen (secondary N) is 1. The molecule has 2 aromatic rings. The van der Waals surface area contributed by atoms with Crippen LogP contribution in [0.4, 0.5) is 5.69 Å². The van der Waals surface area contributed by atoms with Crippen LogP contribution in [0.3, 0.4) is 0 Å². The third-order valence-electron chi connectivity index (χ3n) is 3.43. The van der Waals surface area contributed by atoms with Gasteiger partial charge in [0.2, 0.25) is 5.91 Å². The number of hydrogen-bond acceptors (Lipinski definition) is 3. The number of amides is 1. The zero-order valence-electron chi connectivity index (χ0n) is 13.5. The molecule has 0 radical (unpaired) electrons. The first-order valence-electron chi connectivity index (χ1n) is 7.76. The predicted octanol–water partition coefficient (Wildman–Crippen LogP) is 3.73. The Morgan fingerprint density at radius 1 is 1.17 bits per heavy atom. The summed E-state index contributed by atoms with van der Waals surface area (Å²) in [6.45, 7) is 1.47. The van der Waals surface area contributed by atoms with E-state index in [1.54, 1.807) is 12.4 Å². The maximum atomic E-state index is 11.1. The first-order valence-corrected chi connectivity index (χ1v) is 7.76. The number of allylic oxidation sites excluding steroid dienone is 1. The van der Waals surface area contributed by atoms with Crippen molar-refractivity contribution in [2.75, 3.05) is 5.32 Å². The molecule has 1 aromatic heterocycles. The first-order chi connectivity index (χ1) is 11.6. The number of aliphatic carboxylic acids is 1. The van der Waals surface area contributed by atoms with Gasteiger partial charge in [0.05, 0.1) is 0 Å². The van der Waals surface area contributed by atoms with Crippen LogP contribution in [-0.2, 0) is 9.59 Å². The van der Waals surface area contributed by atoms with Crippen molar-refractivity contribution < 1.29 is 14.7 Å². The van der Waals surface area contributed by atoms with Crippen LogP contribution >= 0.6 is 0 Å². The number of nitrogens with zero attached hydrogens (tertiary/aromatic N) is 1. The first kappa shape index (κ1) is 17.4. The summed E-state index contributed by atoms with van der Waals surface area (Å²) in [5.74, 6) is -0.898. The number of carbonyl (C=O) groups is 2. The normalized spacial score (nSPS) is 11.1. The van der Waals surface area contributed by atoms with Gasteiger partial charge in [0.25, 0.3) is 0 Å². The van der Waals surface area contributed by atoms with Gasteiger partial charge in [0.1, 0.15) is 0 Å². The molecule has 1 heterocycles. The molecule has 0 unspecified atom stereocenters. The summed E-state index contributed by atoms with van der Waals surface area (Å²) in [6, 6.07) is 11.4. The summed E-state index contributed by atoms with van der Waals surface area (Å²) in [6.07, 6.45) is 6.94. The van der Waals surface area contributed by atoms with Crippen LogP contribution < -0.4 is 5.32 Å². The zero-order chi connectivity index (χ0) is 17.4. The van der Waals surface area contributed by atoms with E-state index in [1.165, 1.54) is 6.92 Å². The lowest BCUT2D eigenvalue weighted by molar-refractivity contribution is -0.137. The van der Waals surface area contributed by atoms with E-state index in [4.69, 9.17) is 5.11 Å². The summed E-state index contributed by atoms with van der Waals surface area (Å²) in [4.78, 5) is 25.9. The molecule has 0 bridgehead atoms. The molecule has 0 aliphatic rings. The van der Waals surface area contributed by atoms with Gasteiger partial charge in [-0.05, 0) is 42.2 Å². The number of unbranched alkanes of at least 4 members (excludes halogenated alkanes) is 1. The van der Waals surface area contributed by atoms with Gasteiger partial charge in [-0.2, -0.15) is 0 Å². The van der Waals surface area contributed by atoms with Crippen molar-refractivity contribution in [2.24, 2.45) is 0 Å². The van der Waals surface area contributed by atoms with Gasteiger partial charge < -0.3 is 10.4 Å². The summed E-state index contributed by atoms with van der Waals surface area (Å²) in [7, 11) is 0. The molecule has 0 spiro atoms. The van der Waals surface area contributed by atoms with Crippen molar-refractivity contribution in [3.8, 4) is 0 Å². The van der Waals surface area contributed by atoms with Gasteiger partial charge in [-0.15, -0.1) is 0 Å². The van der Waals surface area contributed by atoms with E-state index < -0.39 is 5.97 Å². The Morgan fingerprint density at radius 3 is 2.50 bits per heavy atom. The molecule has 1 amide bonds. The molecule has 0 aliphatic carbocycles. The Morgan fingerprint density at radius 2 is 1.92 bits per heavy atom. The third kappa shape index (κ3) is 5.35. The zero-order valence-corrected chi connectivity index (χ0v) is 13.5. The van der Waals surface area contributed by atoms with Crippen LogP contribution in [0.15, 0.2) is 54.9 Å². The van der Waals surface area contributed by atoms with E-state index in [1.807, 2.05) is 42.5 Å². The Hall–Kier alpha value is -2.95. The summed E-state index contributed by atoms with van der Waals surface area (Å²) in [5.41, 5.74) is 3.71. The van der Waals surface area contributed by atoms with Gasteiger partial charge >= 0.3 is 5.97 Å². The molecule has 5 nitrogen and oxygen atoms in total. The van der Waals surface area contributed by atoms with E-state index in [0.29, 0.717) is 12.8 Å². The number of aromatic nitrogens is 1. The highest BCUT2D eigenvalue weighted by molar-refractivity contribution is 5.89. The van der Waals surface area contributed by atoms with Crippen LogP contribution in [-0.4, -0.2) is 22.0 Å². The minimum Gasteiger partial charge on any atom is -0.481 e. The van der Waals surface area contributed by atoms with E-state index in [9.17, 15) is 9.59 Å². The highest BCUT2D eigenvalue weighted by Crippen LogP contribution is 2.25. The Bertz CT molecular complexity index is 722. The van der Waals surface area contributed by atoms with Crippen molar-refractivity contribution in [1.82, 2.24) is 4.98 Å². The fraction of sp³-hybridized carbons (Fsp3) is 0.211. The van der Waals surface area contributed by atoms with Crippen LogP contribution in [0.5, 0.6) is 0 Å². The molecular weight excluding hydrogens is 304 g/mol. The minimum atomic E-state index is -0.786. The van der Waals surface area contributed by atoms with E-state index >= 15 is 0 Å². The molecule has 24 heavy (non-hydrogen) atoms. The maximum Gasteiger partial charge on any atom is 0.303 e. The lowest BCUT2D eigenvalue weighted by Gasteiger charge is -2.10. The molecule has 0 aliphatic heterocycles. The number of carbonyl (C=O) groups excluding carboxylic acids is 1. The summed E-state index contributed by atoms with van der Waals surface area (Å²) < 4.78 is 0. The molecule has 0 fully saturated rings. The standard InChI is InChI=1S/C19H20N2O3/c1-14(22)21-17-10-8-15(9-11-17)18(6-2-3-7-19(23)24)16-5-4-12-20-13-16/h4-6,8-13H,2-3,7H2,1H3,(H,21,22)(H,23,24)/b18-6-. The molecule has 124 valence electrons. The van der Waals surface area contributed by atoms with Crippen LogP contribution in [0.2, 0.25) is 0 Å². The van der Waals surface area contributed by atoms with Crippen LogP contribution in [0.25, 0.3) is 5.57 Å². The molecule has 2 N–H and O–H groups in total.